The standard InChI is InChI=1S/C13H8F3N3S2/c14-13(15,16)9-1-3-10(4-2-9)19-21-7-11(18-8-21)12-17-5-6-20-12/h1-8H. The topological polar surface area (TPSA) is 37.6 Å². The Kier molecular flexibility index (Phi) is 3.73. The molecule has 0 spiro atoms. The van der Waals surface area contributed by atoms with Crippen molar-refractivity contribution in [1.82, 2.24) is 4.98 Å². The van der Waals surface area contributed by atoms with Gasteiger partial charge < -0.3 is 0 Å². The Hall–Kier alpha value is -1.80. The van der Waals surface area contributed by atoms with Crippen LogP contribution in [-0.4, -0.2) is 10.5 Å². The molecular weight excluding hydrogens is 319 g/mol. The van der Waals surface area contributed by atoms with Crippen molar-refractivity contribution in [1.29, 1.82) is 0 Å². The average Bonchev–Trinajstić information content (AvgIpc) is 3.08. The van der Waals surface area contributed by atoms with E-state index in [4.69, 9.17) is 0 Å². The third-order valence-corrected chi connectivity index (χ3v) is 4.59. The fraction of sp³-hybridized carbons (Fsp3) is 0.0769. The number of rotatable bonds is 2. The molecule has 0 saturated carbocycles. The van der Waals surface area contributed by atoms with Crippen molar-refractivity contribution in [3.63, 3.8) is 0 Å². The van der Waals surface area contributed by atoms with Crippen LogP contribution in [0, 0.1) is 0 Å². The predicted octanol–water partition coefficient (Wildman–Crippen LogP) is 4.64. The molecule has 3 nitrogen and oxygen atoms in total. The summed E-state index contributed by atoms with van der Waals surface area (Å²) in [6, 6.07) is 4.78. The van der Waals surface area contributed by atoms with Gasteiger partial charge in [0.05, 0.1) is 16.8 Å². The van der Waals surface area contributed by atoms with Crippen molar-refractivity contribution in [2.75, 3.05) is 0 Å². The summed E-state index contributed by atoms with van der Waals surface area (Å²) >= 11 is 1.48. The van der Waals surface area contributed by atoms with Crippen LogP contribution in [0.3, 0.4) is 0 Å². The summed E-state index contributed by atoms with van der Waals surface area (Å²) in [5, 5.41) is 4.52. The molecule has 2 heterocycles. The first-order valence-electron chi connectivity index (χ1n) is 5.79. The molecule has 0 aliphatic carbocycles. The van der Waals surface area contributed by atoms with Crippen LogP contribution in [0.25, 0.3) is 5.70 Å². The van der Waals surface area contributed by atoms with E-state index in [0.29, 0.717) is 5.69 Å². The maximum absolute atomic E-state index is 12.5. The third-order valence-electron chi connectivity index (χ3n) is 2.59. The summed E-state index contributed by atoms with van der Waals surface area (Å²) in [5.74, 6) is 0. The second kappa shape index (κ2) is 5.53. The maximum atomic E-state index is 12.5. The highest BCUT2D eigenvalue weighted by Gasteiger charge is 2.29. The second-order valence-electron chi connectivity index (χ2n) is 4.06. The molecular formula is C13H8F3N3S2. The van der Waals surface area contributed by atoms with Crippen LogP contribution >= 0.6 is 11.3 Å². The van der Waals surface area contributed by atoms with Crippen molar-refractivity contribution in [2.24, 2.45) is 9.36 Å². The van der Waals surface area contributed by atoms with Crippen LogP contribution in [0.1, 0.15) is 10.6 Å². The molecule has 8 heteroatoms. The number of hydrogen-bond acceptors (Lipinski definition) is 4. The SMILES string of the molecule is FC(F)(F)c1ccc(N=S2C=NC(c3nccs3)=C2)cc1. The van der Waals surface area contributed by atoms with Crippen LogP contribution in [0.2, 0.25) is 0 Å². The molecule has 0 N–H and O–H groups in total. The van der Waals surface area contributed by atoms with Crippen LogP contribution < -0.4 is 0 Å². The van der Waals surface area contributed by atoms with Crippen LogP contribution in [-0.2, 0) is 16.9 Å². The molecule has 0 bridgehead atoms. The molecule has 1 aromatic heterocycles. The van der Waals surface area contributed by atoms with Gasteiger partial charge in [-0.3, -0.25) is 0 Å². The quantitative estimate of drug-likeness (QED) is 0.792. The van der Waals surface area contributed by atoms with E-state index in [0.717, 1.165) is 22.8 Å². The van der Waals surface area contributed by atoms with Gasteiger partial charge in [-0.15, -0.1) is 11.3 Å². The zero-order chi connectivity index (χ0) is 14.9. The van der Waals surface area contributed by atoms with Gasteiger partial charge in [0.2, 0.25) is 0 Å². The summed E-state index contributed by atoms with van der Waals surface area (Å²) in [6.07, 6.45) is -2.63. The molecule has 21 heavy (non-hydrogen) atoms. The summed E-state index contributed by atoms with van der Waals surface area (Å²) in [4.78, 5) is 8.39. The molecule has 1 aromatic carbocycles. The average molecular weight is 327 g/mol. The van der Waals surface area contributed by atoms with Crippen LogP contribution in [0.5, 0.6) is 0 Å². The summed E-state index contributed by atoms with van der Waals surface area (Å²) in [5.41, 5.74) is 2.25. The predicted molar refractivity (Wildman–Crippen MR) is 79.5 cm³/mol. The number of halogens is 3. The Morgan fingerprint density at radius 3 is 2.52 bits per heavy atom. The summed E-state index contributed by atoms with van der Waals surface area (Å²) in [6.45, 7) is 0. The minimum atomic E-state index is -4.33. The zero-order valence-electron chi connectivity index (χ0n) is 10.4. The first-order chi connectivity index (χ1) is 10.0. The Balaban J connectivity index is 1.82. The van der Waals surface area contributed by atoms with Gasteiger partial charge in [0.15, 0.2) is 0 Å². The Bertz CT molecular complexity index is 729. The Morgan fingerprint density at radius 1 is 1.14 bits per heavy atom. The first-order valence-corrected chi connectivity index (χ1v) is 7.98. The van der Waals surface area contributed by atoms with E-state index in [9.17, 15) is 13.2 Å². The maximum Gasteiger partial charge on any atom is 0.416 e. The lowest BCUT2D eigenvalue weighted by Crippen LogP contribution is -2.03. The monoisotopic (exact) mass is 327 g/mol. The lowest BCUT2D eigenvalue weighted by Gasteiger charge is -2.05. The van der Waals surface area contributed by atoms with E-state index in [1.807, 2.05) is 10.8 Å². The minimum absolute atomic E-state index is 0.495. The number of nitrogens with zero attached hydrogens (tertiary/aromatic N) is 3. The Labute approximate surface area is 125 Å². The third kappa shape index (κ3) is 3.27. The van der Waals surface area contributed by atoms with E-state index in [-0.39, 0.29) is 0 Å². The zero-order valence-corrected chi connectivity index (χ0v) is 12.0. The molecule has 0 saturated heterocycles. The van der Waals surface area contributed by atoms with Crippen LogP contribution in [0.4, 0.5) is 18.9 Å². The summed E-state index contributed by atoms with van der Waals surface area (Å²) in [7, 11) is -0.564. The van der Waals surface area contributed by atoms with Crippen molar-refractivity contribution >= 4 is 39.0 Å². The van der Waals surface area contributed by atoms with Crippen molar-refractivity contribution in [3.8, 4) is 0 Å². The molecule has 3 rings (SSSR count). The van der Waals surface area contributed by atoms with Gasteiger partial charge in [-0.1, -0.05) is 0 Å². The highest BCUT2D eigenvalue weighted by molar-refractivity contribution is 8.03. The lowest BCUT2D eigenvalue weighted by atomic mass is 10.2. The molecule has 0 fully saturated rings. The Morgan fingerprint density at radius 2 is 1.90 bits per heavy atom. The molecule has 0 amide bonds. The fourth-order valence-electron chi connectivity index (χ4n) is 1.62. The first kappa shape index (κ1) is 14.2. The van der Waals surface area contributed by atoms with E-state index in [1.54, 1.807) is 11.7 Å². The molecule has 1 atom stereocenters. The highest BCUT2D eigenvalue weighted by Crippen LogP contribution is 2.31. The van der Waals surface area contributed by atoms with Gasteiger partial charge in [-0.2, -0.15) is 13.2 Å². The highest BCUT2D eigenvalue weighted by atomic mass is 32.2. The van der Waals surface area contributed by atoms with Crippen molar-refractivity contribution < 1.29 is 13.2 Å². The normalized spacial score (nSPS) is 18.2. The van der Waals surface area contributed by atoms with Crippen molar-refractivity contribution in [3.05, 3.63) is 51.8 Å². The number of benzene rings is 1. The van der Waals surface area contributed by atoms with Crippen LogP contribution in [0.15, 0.2) is 50.6 Å². The lowest BCUT2D eigenvalue weighted by molar-refractivity contribution is -0.137. The van der Waals surface area contributed by atoms with E-state index in [2.05, 4.69) is 14.3 Å². The molecule has 2 aromatic rings. The van der Waals surface area contributed by atoms with Crippen molar-refractivity contribution in [2.45, 2.75) is 6.18 Å². The molecule has 0 radical (unpaired) electrons. The fourth-order valence-corrected chi connectivity index (χ4v) is 3.45. The molecule has 1 aliphatic rings. The van der Waals surface area contributed by atoms with Gasteiger partial charge in [0, 0.05) is 17.0 Å². The van der Waals surface area contributed by atoms with Gasteiger partial charge >= 0.3 is 6.18 Å². The molecule has 1 unspecified atom stereocenters. The minimum Gasteiger partial charge on any atom is -0.245 e. The number of aliphatic imine (C=N–C) groups is 1. The summed E-state index contributed by atoms with van der Waals surface area (Å²) < 4.78 is 41.8. The van der Waals surface area contributed by atoms with E-state index in [1.165, 1.54) is 23.5 Å². The van der Waals surface area contributed by atoms with Gasteiger partial charge in [-0.25, -0.2) is 14.3 Å². The molecule has 108 valence electrons. The van der Waals surface area contributed by atoms with Gasteiger partial charge in [-0.05, 0) is 35.0 Å². The number of hydrogen-bond donors (Lipinski definition) is 0. The smallest absolute Gasteiger partial charge is 0.245 e. The molecule has 1 aliphatic heterocycles. The number of aromatic nitrogens is 1. The van der Waals surface area contributed by atoms with E-state index < -0.39 is 22.4 Å². The second-order valence-corrected chi connectivity index (χ2v) is 6.28. The number of alkyl halides is 3. The largest absolute Gasteiger partial charge is 0.416 e. The van der Waals surface area contributed by atoms with Gasteiger partial charge in [0.25, 0.3) is 0 Å². The van der Waals surface area contributed by atoms with Gasteiger partial charge in [0.1, 0.15) is 10.7 Å². The number of thiazole rings is 1. The van der Waals surface area contributed by atoms with E-state index >= 15 is 0 Å².